The van der Waals surface area contributed by atoms with Crippen LogP contribution < -0.4 is 3.78 Å². The van der Waals surface area contributed by atoms with Crippen LogP contribution in [0.15, 0.2) is 36.5 Å². The SMILES string of the molecule is CCCC[Se]c1ccc(-c2ccccn2)s1. The zero-order valence-corrected chi connectivity index (χ0v) is 11.9. The molecule has 0 unspecified atom stereocenters. The summed E-state index contributed by atoms with van der Waals surface area (Å²) in [6, 6.07) is 10.6. The fraction of sp³-hybridized carbons (Fsp3) is 0.308. The van der Waals surface area contributed by atoms with Gasteiger partial charge >= 0.3 is 107 Å². The van der Waals surface area contributed by atoms with Gasteiger partial charge in [0.1, 0.15) is 0 Å². The molecule has 3 heteroatoms. The van der Waals surface area contributed by atoms with Crippen molar-refractivity contribution in [1.82, 2.24) is 4.98 Å². The molecular formula is C13H15NSSe. The van der Waals surface area contributed by atoms with E-state index < -0.39 is 0 Å². The van der Waals surface area contributed by atoms with Crippen LogP contribution in [0.4, 0.5) is 0 Å². The second-order valence-corrected chi connectivity index (χ2v) is 7.59. The summed E-state index contributed by atoms with van der Waals surface area (Å²) in [5.74, 6) is 0. The average Bonchev–Trinajstić information content (AvgIpc) is 2.79. The predicted octanol–water partition coefficient (Wildman–Crippen LogP) is 3.36. The summed E-state index contributed by atoms with van der Waals surface area (Å²) in [5, 5.41) is 1.37. The van der Waals surface area contributed by atoms with E-state index in [9.17, 15) is 0 Å². The van der Waals surface area contributed by atoms with Crippen LogP contribution in [0.5, 0.6) is 0 Å². The van der Waals surface area contributed by atoms with E-state index in [0.717, 1.165) is 5.69 Å². The zero-order chi connectivity index (χ0) is 11.2. The fourth-order valence-corrected chi connectivity index (χ4v) is 5.18. The Bertz CT molecular complexity index is 425. The number of nitrogens with zero attached hydrogens (tertiary/aromatic N) is 1. The average molecular weight is 296 g/mol. The van der Waals surface area contributed by atoms with Crippen LogP contribution in [0.3, 0.4) is 0 Å². The molecule has 0 aliphatic rings. The van der Waals surface area contributed by atoms with Gasteiger partial charge in [-0.3, -0.25) is 0 Å². The van der Waals surface area contributed by atoms with E-state index in [1.807, 2.05) is 29.7 Å². The molecule has 0 aliphatic heterocycles. The first-order chi connectivity index (χ1) is 7.90. The van der Waals surface area contributed by atoms with Gasteiger partial charge < -0.3 is 0 Å². The van der Waals surface area contributed by atoms with Gasteiger partial charge in [-0.05, 0) is 0 Å². The molecule has 0 amide bonds. The van der Waals surface area contributed by atoms with Crippen molar-refractivity contribution in [3.8, 4) is 10.6 Å². The Morgan fingerprint density at radius 3 is 2.94 bits per heavy atom. The standard InChI is InChI=1S/C13H15NSSe/c1-2-3-10-16-13-8-7-12(15-13)11-6-4-5-9-14-11/h4-9H,2-3,10H2,1H3. The third-order valence-electron chi connectivity index (χ3n) is 2.24. The van der Waals surface area contributed by atoms with Gasteiger partial charge in [0.25, 0.3) is 0 Å². The Morgan fingerprint density at radius 2 is 2.19 bits per heavy atom. The first-order valence-corrected chi connectivity index (χ1v) is 8.42. The molecule has 0 bridgehead atoms. The molecule has 2 heterocycles. The number of unbranched alkanes of at least 4 members (excludes halogenated alkanes) is 1. The summed E-state index contributed by atoms with van der Waals surface area (Å²) in [5.41, 5.74) is 1.10. The summed E-state index contributed by atoms with van der Waals surface area (Å²) in [7, 11) is 0. The number of hydrogen-bond acceptors (Lipinski definition) is 2. The van der Waals surface area contributed by atoms with Crippen molar-refractivity contribution < 1.29 is 0 Å². The molecule has 0 N–H and O–H groups in total. The Kier molecular flexibility index (Phi) is 4.58. The minimum atomic E-state index is 0.660. The van der Waals surface area contributed by atoms with Crippen LogP contribution in [0.1, 0.15) is 19.8 Å². The molecule has 0 spiro atoms. The van der Waals surface area contributed by atoms with Gasteiger partial charge in [-0.25, -0.2) is 0 Å². The summed E-state index contributed by atoms with van der Waals surface area (Å²) in [6.07, 6.45) is 4.52. The normalized spacial score (nSPS) is 10.6. The molecule has 2 aromatic rings. The third kappa shape index (κ3) is 3.18. The Labute approximate surface area is 107 Å². The zero-order valence-electron chi connectivity index (χ0n) is 9.35. The van der Waals surface area contributed by atoms with Gasteiger partial charge in [0, 0.05) is 0 Å². The molecule has 0 saturated carbocycles. The molecule has 84 valence electrons. The second kappa shape index (κ2) is 6.19. The van der Waals surface area contributed by atoms with Crippen molar-refractivity contribution in [2.75, 3.05) is 0 Å². The number of hydrogen-bond donors (Lipinski definition) is 0. The van der Waals surface area contributed by atoms with E-state index in [-0.39, 0.29) is 0 Å². The summed E-state index contributed by atoms with van der Waals surface area (Å²) < 4.78 is 1.54. The number of pyridine rings is 1. The molecule has 16 heavy (non-hydrogen) atoms. The van der Waals surface area contributed by atoms with E-state index >= 15 is 0 Å². The van der Waals surface area contributed by atoms with Crippen molar-refractivity contribution in [2.24, 2.45) is 0 Å². The summed E-state index contributed by atoms with van der Waals surface area (Å²) in [6.45, 7) is 2.25. The van der Waals surface area contributed by atoms with E-state index in [0.29, 0.717) is 15.0 Å². The van der Waals surface area contributed by atoms with E-state index in [1.54, 1.807) is 3.78 Å². The van der Waals surface area contributed by atoms with Crippen LogP contribution in [0.2, 0.25) is 5.32 Å². The molecule has 0 aromatic carbocycles. The van der Waals surface area contributed by atoms with Crippen molar-refractivity contribution >= 4 is 30.1 Å². The molecule has 2 aromatic heterocycles. The van der Waals surface area contributed by atoms with Gasteiger partial charge in [-0.2, -0.15) is 0 Å². The van der Waals surface area contributed by atoms with E-state index in [4.69, 9.17) is 0 Å². The van der Waals surface area contributed by atoms with Crippen molar-refractivity contribution in [1.29, 1.82) is 0 Å². The monoisotopic (exact) mass is 297 g/mol. The minimum absolute atomic E-state index is 0.660. The molecule has 0 atom stereocenters. The Morgan fingerprint density at radius 1 is 1.25 bits per heavy atom. The number of rotatable bonds is 5. The maximum atomic E-state index is 4.38. The summed E-state index contributed by atoms with van der Waals surface area (Å²) in [4.78, 5) is 5.68. The van der Waals surface area contributed by atoms with Crippen molar-refractivity contribution in [3.63, 3.8) is 0 Å². The predicted molar refractivity (Wildman–Crippen MR) is 72.7 cm³/mol. The fourth-order valence-electron chi connectivity index (χ4n) is 1.36. The van der Waals surface area contributed by atoms with E-state index in [2.05, 4.69) is 30.1 Å². The molecule has 1 nitrogen and oxygen atoms in total. The third-order valence-corrected chi connectivity index (χ3v) is 6.20. The van der Waals surface area contributed by atoms with Crippen LogP contribution >= 0.6 is 11.3 Å². The van der Waals surface area contributed by atoms with Crippen molar-refractivity contribution in [2.45, 2.75) is 25.1 Å². The van der Waals surface area contributed by atoms with Crippen molar-refractivity contribution in [3.05, 3.63) is 36.5 Å². The molecule has 0 fully saturated rings. The second-order valence-electron chi connectivity index (χ2n) is 3.54. The van der Waals surface area contributed by atoms with Crippen LogP contribution in [-0.4, -0.2) is 19.9 Å². The molecule has 0 saturated heterocycles. The molecule has 2 rings (SSSR count). The van der Waals surface area contributed by atoms with Gasteiger partial charge in [-0.15, -0.1) is 0 Å². The summed E-state index contributed by atoms with van der Waals surface area (Å²) >= 11 is 2.56. The van der Waals surface area contributed by atoms with Gasteiger partial charge in [0.05, 0.1) is 0 Å². The van der Waals surface area contributed by atoms with Gasteiger partial charge in [-0.1, -0.05) is 0 Å². The van der Waals surface area contributed by atoms with E-state index in [1.165, 1.54) is 23.0 Å². The van der Waals surface area contributed by atoms with Gasteiger partial charge in [0.2, 0.25) is 0 Å². The van der Waals surface area contributed by atoms with Crippen LogP contribution in [0.25, 0.3) is 10.6 Å². The van der Waals surface area contributed by atoms with Crippen LogP contribution in [0, 0.1) is 0 Å². The molecule has 0 aliphatic carbocycles. The van der Waals surface area contributed by atoms with Gasteiger partial charge in [0.15, 0.2) is 0 Å². The molecular weight excluding hydrogens is 281 g/mol. The molecule has 0 radical (unpaired) electrons. The number of aromatic nitrogens is 1. The quantitative estimate of drug-likeness (QED) is 0.609. The topological polar surface area (TPSA) is 12.9 Å². The number of thiophene rings is 1. The Hall–Kier alpha value is -0.631. The Balaban J connectivity index is 2.02. The maximum absolute atomic E-state index is 4.38. The van der Waals surface area contributed by atoms with Crippen LogP contribution in [-0.2, 0) is 0 Å². The first kappa shape index (κ1) is 11.8. The first-order valence-electron chi connectivity index (χ1n) is 5.54.